The summed E-state index contributed by atoms with van der Waals surface area (Å²) in [5.74, 6) is 2.65. The molecule has 0 aromatic rings. The van der Waals surface area contributed by atoms with Crippen molar-refractivity contribution in [3.8, 4) is 0 Å². The third-order valence-corrected chi connectivity index (χ3v) is 4.47. The fraction of sp³-hybridized carbons (Fsp3) is 1.00. The molecule has 0 aromatic heterocycles. The molecule has 17 heavy (non-hydrogen) atoms. The van der Waals surface area contributed by atoms with Gasteiger partial charge in [0.05, 0.1) is 0 Å². The van der Waals surface area contributed by atoms with Gasteiger partial charge in [0.15, 0.2) is 0 Å². The lowest BCUT2D eigenvalue weighted by Crippen LogP contribution is -2.30. The topological polar surface area (TPSA) is 21.3 Å². The third-order valence-electron chi connectivity index (χ3n) is 4.47. The number of ether oxygens (including phenoxy) is 1. The molecule has 2 heteroatoms. The Labute approximate surface area is 107 Å². The first-order chi connectivity index (χ1) is 8.34. The van der Waals surface area contributed by atoms with E-state index in [9.17, 15) is 0 Å². The van der Waals surface area contributed by atoms with Crippen LogP contribution in [0.4, 0.5) is 0 Å². The molecule has 1 saturated heterocycles. The van der Waals surface area contributed by atoms with Gasteiger partial charge in [-0.15, -0.1) is 0 Å². The van der Waals surface area contributed by atoms with E-state index in [0.29, 0.717) is 0 Å². The predicted octanol–water partition coefficient (Wildman–Crippen LogP) is 3.22. The fourth-order valence-electron chi connectivity index (χ4n) is 3.38. The van der Waals surface area contributed by atoms with Gasteiger partial charge in [-0.05, 0) is 62.9 Å². The molecule has 2 nitrogen and oxygen atoms in total. The molecule has 3 unspecified atom stereocenters. The second kappa shape index (κ2) is 7.38. The number of piperidine rings is 1. The molecule has 0 spiro atoms. The highest BCUT2D eigenvalue weighted by Crippen LogP contribution is 2.28. The molecule has 0 amide bonds. The first kappa shape index (κ1) is 13.4. The van der Waals surface area contributed by atoms with Crippen molar-refractivity contribution in [3.05, 3.63) is 0 Å². The van der Waals surface area contributed by atoms with Crippen LogP contribution in [0.1, 0.15) is 51.9 Å². The lowest BCUT2D eigenvalue weighted by molar-refractivity contribution is 0.0660. The normalized spacial score (nSPS) is 34.8. The lowest BCUT2D eigenvalue weighted by atomic mass is 9.83. The van der Waals surface area contributed by atoms with E-state index in [2.05, 4.69) is 12.2 Å². The van der Waals surface area contributed by atoms with Crippen molar-refractivity contribution in [2.24, 2.45) is 17.8 Å². The SMILES string of the molecule is CC1CCCC(COCCC2CCCNC2)C1. The Hall–Kier alpha value is -0.0800. The molecular weight excluding hydrogens is 210 g/mol. The Morgan fingerprint density at radius 2 is 2.00 bits per heavy atom. The quantitative estimate of drug-likeness (QED) is 0.744. The van der Waals surface area contributed by atoms with Crippen LogP contribution in [0.15, 0.2) is 0 Å². The number of rotatable bonds is 5. The molecule has 0 bridgehead atoms. The van der Waals surface area contributed by atoms with Crippen molar-refractivity contribution in [2.75, 3.05) is 26.3 Å². The van der Waals surface area contributed by atoms with Gasteiger partial charge in [0.2, 0.25) is 0 Å². The molecule has 2 rings (SSSR count). The minimum absolute atomic E-state index is 0.850. The van der Waals surface area contributed by atoms with Gasteiger partial charge in [0, 0.05) is 13.2 Å². The van der Waals surface area contributed by atoms with E-state index in [1.165, 1.54) is 58.0 Å². The van der Waals surface area contributed by atoms with E-state index in [0.717, 1.165) is 31.0 Å². The molecule has 1 saturated carbocycles. The Kier molecular flexibility index (Phi) is 5.79. The second-order valence-corrected chi connectivity index (χ2v) is 6.21. The van der Waals surface area contributed by atoms with E-state index in [1.54, 1.807) is 0 Å². The van der Waals surface area contributed by atoms with Crippen LogP contribution in [0.5, 0.6) is 0 Å². The molecule has 2 aliphatic rings. The van der Waals surface area contributed by atoms with Gasteiger partial charge < -0.3 is 10.1 Å². The Balaban J connectivity index is 1.50. The Morgan fingerprint density at radius 3 is 2.76 bits per heavy atom. The monoisotopic (exact) mass is 239 g/mol. The summed E-state index contributed by atoms with van der Waals surface area (Å²) in [5, 5.41) is 3.48. The minimum atomic E-state index is 0.850. The van der Waals surface area contributed by atoms with Crippen LogP contribution < -0.4 is 5.32 Å². The van der Waals surface area contributed by atoms with Crippen molar-refractivity contribution in [1.82, 2.24) is 5.32 Å². The maximum atomic E-state index is 5.90. The molecule has 100 valence electrons. The average Bonchev–Trinajstić information content (AvgIpc) is 2.36. The van der Waals surface area contributed by atoms with Crippen molar-refractivity contribution < 1.29 is 4.74 Å². The van der Waals surface area contributed by atoms with E-state index >= 15 is 0 Å². The largest absolute Gasteiger partial charge is 0.381 e. The van der Waals surface area contributed by atoms with E-state index < -0.39 is 0 Å². The second-order valence-electron chi connectivity index (χ2n) is 6.21. The highest BCUT2D eigenvalue weighted by atomic mass is 16.5. The van der Waals surface area contributed by atoms with Gasteiger partial charge in [-0.3, -0.25) is 0 Å². The highest BCUT2D eigenvalue weighted by molar-refractivity contribution is 4.71. The van der Waals surface area contributed by atoms with Crippen molar-refractivity contribution in [2.45, 2.75) is 51.9 Å². The summed E-state index contributed by atoms with van der Waals surface area (Å²) in [6, 6.07) is 0. The first-order valence-corrected chi connectivity index (χ1v) is 7.63. The maximum absolute atomic E-state index is 5.90. The zero-order valence-electron chi connectivity index (χ0n) is 11.4. The average molecular weight is 239 g/mol. The summed E-state index contributed by atoms with van der Waals surface area (Å²) in [6.07, 6.45) is 9.66. The van der Waals surface area contributed by atoms with E-state index in [-0.39, 0.29) is 0 Å². The van der Waals surface area contributed by atoms with E-state index in [4.69, 9.17) is 4.74 Å². The molecule has 0 radical (unpaired) electrons. The molecule has 0 aromatic carbocycles. The van der Waals surface area contributed by atoms with Gasteiger partial charge in [-0.1, -0.05) is 19.8 Å². The van der Waals surface area contributed by atoms with Gasteiger partial charge in [-0.2, -0.15) is 0 Å². The third kappa shape index (κ3) is 4.97. The van der Waals surface area contributed by atoms with Gasteiger partial charge >= 0.3 is 0 Å². The Morgan fingerprint density at radius 1 is 1.12 bits per heavy atom. The summed E-state index contributed by atoms with van der Waals surface area (Å²) in [6.45, 7) is 6.82. The van der Waals surface area contributed by atoms with Crippen molar-refractivity contribution in [1.29, 1.82) is 0 Å². The van der Waals surface area contributed by atoms with Crippen LogP contribution in [0.2, 0.25) is 0 Å². The molecule has 2 fully saturated rings. The van der Waals surface area contributed by atoms with E-state index in [1.807, 2.05) is 0 Å². The molecule has 1 aliphatic heterocycles. The van der Waals surface area contributed by atoms with Crippen LogP contribution >= 0.6 is 0 Å². The van der Waals surface area contributed by atoms with Crippen LogP contribution in [0.3, 0.4) is 0 Å². The van der Waals surface area contributed by atoms with Crippen molar-refractivity contribution >= 4 is 0 Å². The summed E-state index contributed by atoms with van der Waals surface area (Å²) in [7, 11) is 0. The van der Waals surface area contributed by atoms with Crippen molar-refractivity contribution in [3.63, 3.8) is 0 Å². The van der Waals surface area contributed by atoms with Gasteiger partial charge in [0.25, 0.3) is 0 Å². The van der Waals surface area contributed by atoms with Gasteiger partial charge in [-0.25, -0.2) is 0 Å². The summed E-state index contributed by atoms with van der Waals surface area (Å²) < 4.78 is 5.90. The van der Waals surface area contributed by atoms with Crippen LogP contribution in [-0.2, 0) is 4.74 Å². The van der Waals surface area contributed by atoms with Gasteiger partial charge in [0.1, 0.15) is 0 Å². The summed E-state index contributed by atoms with van der Waals surface area (Å²) in [4.78, 5) is 0. The fourth-order valence-corrected chi connectivity index (χ4v) is 3.38. The number of nitrogens with one attached hydrogen (secondary N) is 1. The summed E-state index contributed by atoms with van der Waals surface area (Å²) in [5.41, 5.74) is 0. The number of hydrogen-bond acceptors (Lipinski definition) is 2. The standard InChI is InChI=1S/C15H29NO/c1-13-4-2-5-15(10-13)12-17-9-7-14-6-3-8-16-11-14/h13-16H,2-12H2,1H3. The zero-order chi connectivity index (χ0) is 11.9. The number of hydrogen-bond donors (Lipinski definition) is 1. The minimum Gasteiger partial charge on any atom is -0.381 e. The highest BCUT2D eigenvalue weighted by Gasteiger charge is 2.19. The molecular formula is C15H29NO. The molecule has 1 heterocycles. The molecule has 3 atom stereocenters. The van der Waals surface area contributed by atoms with Crippen LogP contribution in [0.25, 0.3) is 0 Å². The Bertz CT molecular complexity index is 201. The lowest BCUT2D eigenvalue weighted by Gasteiger charge is -2.27. The first-order valence-electron chi connectivity index (χ1n) is 7.63. The molecule has 1 N–H and O–H groups in total. The summed E-state index contributed by atoms with van der Waals surface area (Å²) >= 11 is 0. The van der Waals surface area contributed by atoms with Crippen LogP contribution in [0, 0.1) is 17.8 Å². The maximum Gasteiger partial charge on any atom is 0.0494 e. The smallest absolute Gasteiger partial charge is 0.0494 e. The zero-order valence-corrected chi connectivity index (χ0v) is 11.4. The molecule has 1 aliphatic carbocycles. The predicted molar refractivity (Wildman–Crippen MR) is 72.2 cm³/mol. The van der Waals surface area contributed by atoms with Crippen LogP contribution in [-0.4, -0.2) is 26.3 Å².